The molecule has 5 rings (SSSR count). The summed E-state index contributed by atoms with van der Waals surface area (Å²) in [5, 5.41) is 4.62. The summed E-state index contributed by atoms with van der Waals surface area (Å²) in [7, 11) is 0. The van der Waals surface area contributed by atoms with Crippen LogP contribution < -0.4 is 5.32 Å². The Morgan fingerprint density at radius 1 is 0.968 bits per heavy atom. The summed E-state index contributed by atoms with van der Waals surface area (Å²) < 4.78 is 11.7. The number of fused-ring (bicyclic) bond motifs is 1. The number of likely N-dealkylation sites (tertiary alicyclic amines) is 1. The fourth-order valence-corrected chi connectivity index (χ4v) is 4.44. The highest BCUT2D eigenvalue weighted by molar-refractivity contribution is 6.30. The van der Waals surface area contributed by atoms with Crippen molar-refractivity contribution in [1.29, 1.82) is 0 Å². The molecule has 5 nitrogen and oxygen atoms in total. The van der Waals surface area contributed by atoms with Crippen LogP contribution in [0.2, 0.25) is 5.02 Å². The SMILES string of the molecule is O=C(Nc1c(C(c2ccc(Cl)cc2)N2CCCCC2)oc2ccccc12)c1ccco1. The standard InChI is InChI=1S/C25H23ClN2O3/c26-18-12-10-17(11-13-18)23(28-14-4-1-5-15-28)24-22(19-7-2-3-8-20(19)31-24)27-25(29)21-9-6-16-30-21/h2-3,6-13,16,23H,1,4-5,14-15H2,(H,27,29). The summed E-state index contributed by atoms with van der Waals surface area (Å²) in [6.07, 6.45) is 5.00. The van der Waals surface area contributed by atoms with Gasteiger partial charge in [-0.2, -0.15) is 0 Å². The molecule has 1 N–H and O–H groups in total. The van der Waals surface area contributed by atoms with Gasteiger partial charge in [0.05, 0.1) is 18.0 Å². The highest BCUT2D eigenvalue weighted by atomic mass is 35.5. The van der Waals surface area contributed by atoms with Crippen LogP contribution in [0.4, 0.5) is 5.69 Å². The Balaban J connectivity index is 1.64. The zero-order valence-corrected chi connectivity index (χ0v) is 17.8. The van der Waals surface area contributed by atoms with E-state index in [9.17, 15) is 4.79 Å². The lowest BCUT2D eigenvalue weighted by atomic mass is 9.98. The number of hydrogen-bond donors (Lipinski definition) is 1. The molecule has 6 heteroatoms. The molecule has 1 amide bonds. The lowest BCUT2D eigenvalue weighted by molar-refractivity contribution is 0.0996. The van der Waals surface area contributed by atoms with E-state index in [-0.39, 0.29) is 17.7 Å². The normalized spacial score (nSPS) is 15.8. The van der Waals surface area contributed by atoms with Gasteiger partial charge in [-0.25, -0.2) is 0 Å². The molecule has 0 spiro atoms. The Kier molecular flexibility index (Phi) is 5.53. The van der Waals surface area contributed by atoms with Crippen molar-refractivity contribution in [2.45, 2.75) is 25.3 Å². The first-order valence-corrected chi connectivity index (χ1v) is 10.9. The van der Waals surface area contributed by atoms with Gasteiger partial charge in [-0.05, 0) is 67.9 Å². The number of anilines is 1. The number of carbonyl (C=O) groups excluding carboxylic acids is 1. The minimum Gasteiger partial charge on any atom is -0.459 e. The van der Waals surface area contributed by atoms with E-state index < -0.39 is 0 Å². The first-order valence-electron chi connectivity index (χ1n) is 10.6. The maximum Gasteiger partial charge on any atom is 0.291 e. The molecule has 1 aliphatic rings. The van der Waals surface area contributed by atoms with E-state index in [0.717, 1.165) is 48.2 Å². The molecule has 1 fully saturated rings. The van der Waals surface area contributed by atoms with Crippen molar-refractivity contribution < 1.29 is 13.6 Å². The Morgan fingerprint density at radius 2 is 1.74 bits per heavy atom. The molecular formula is C25H23ClN2O3. The molecule has 1 saturated heterocycles. The lowest BCUT2D eigenvalue weighted by Crippen LogP contribution is -2.34. The molecule has 2 aromatic heterocycles. The third kappa shape index (κ3) is 3.99. The molecule has 0 aliphatic carbocycles. The van der Waals surface area contributed by atoms with Crippen LogP contribution in [0.15, 0.2) is 75.8 Å². The number of para-hydroxylation sites is 1. The number of carbonyl (C=O) groups is 1. The maximum atomic E-state index is 12.9. The third-order valence-corrected chi connectivity index (χ3v) is 6.05. The molecule has 2 aromatic carbocycles. The number of furan rings is 2. The number of nitrogens with zero attached hydrogens (tertiary/aromatic N) is 1. The van der Waals surface area contributed by atoms with Crippen molar-refractivity contribution in [3.8, 4) is 0 Å². The highest BCUT2D eigenvalue weighted by Crippen LogP contribution is 2.41. The molecule has 1 unspecified atom stereocenters. The Hall–Kier alpha value is -3.02. The van der Waals surface area contributed by atoms with Crippen LogP contribution in [0, 0.1) is 0 Å². The molecule has 0 saturated carbocycles. The van der Waals surface area contributed by atoms with Crippen LogP contribution in [-0.2, 0) is 0 Å². The van der Waals surface area contributed by atoms with Gasteiger partial charge in [0, 0.05) is 10.4 Å². The van der Waals surface area contributed by atoms with Gasteiger partial charge in [-0.3, -0.25) is 9.69 Å². The zero-order valence-electron chi connectivity index (χ0n) is 17.0. The Morgan fingerprint density at radius 3 is 2.48 bits per heavy atom. The molecule has 3 heterocycles. The van der Waals surface area contributed by atoms with Crippen LogP contribution in [0.1, 0.15) is 47.2 Å². The van der Waals surface area contributed by atoms with Gasteiger partial charge < -0.3 is 14.2 Å². The predicted octanol–water partition coefficient (Wildman–Crippen LogP) is 6.51. The van der Waals surface area contributed by atoms with Gasteiger partial charge in [0.2, 0.25) is 0 Å². The summed E-state index contributed by atoms with van der Waals surface area (Å²) in [5.41, 5.74) is 2.50. The Bertz CT molecular complexity index is 1180. The number of piperidine rings is 1. The fourth-order valence-electron chi connectivity index (χ4n) is 4.32. The van der Waals surface area contributed by atoms with Gasteiger partial charge in [-0.15, -0.1) is 0 Å². The lowest BCUT2D eigenvalue weighted by Gasteiger charge is -2.34. The molecule has 31 heavy (non-hydrogen) atoms. The number of halogens is 1. The second-order valence-corrected chi connectivity index (χ2v) is 8.26. The molecule has 4 aromatic rings. The minimum absolute atomic E-state index is 0.128. The van der Waals surface area contributed by atoms with Crippen LogP contribution in [0.25, 0.3) is 11.0 Å². The average Bonchev–Trinajstić information content (AvgIpc) is 3.45. The number of nitrogens with one attached hydrogen (secondary N) is 1. The van der Waals surface area contributed by atoms with E-state index in [1.165, 1.54) is 12.7 Å². The molecular weight excluding hydrogens is 412 g/mol. The van der Waals surface area contributed by atoms with Crippen molar-refractivity contribution >= 4 is 34.2 Å². The molecule has 158 valence electrons. The number of rotatable bonds is 5. The van der Waals surface area contributed by atoms with Gasteiger partial charge in [0.15, 0.2) is 5.76 Å². The molecule has 1 aliphatic heterocycles. The summed E-state index contributed by atoms with van der Waals surface area (Å²) in [4.78, 5) is 15.3. The van der Waals surface area contributed by atoms with Crippen LogP contribution >= 0.6 is 11.6 Å². The van der Waals surface area contributed by atoms with Crippen molar-refractivity contribution in [3.05, 3.63) is 89.0 Å². The van der Waals surface area contributed by atoms with Gasteiger partial charge in [-0.1, -0.05) is 42.3 Å². The summed E-state index contributed by atoms with van der Waals surface area (Å²) >= 11 is 6.17. The zero-order chi connectivity index (χ0) is 21.2. The van der Waals surface area contributed by atoms with E-state index in [1.54, 1.807) is 12.1 Å². The smallest absolute Gasteiger partial charge is 0.291 e. The fraction of sp³-hybridized carbons (Fsp3) is 0.240. The highest BCUT2D eigenvalue weighted by Gasteiger charge is 2.31. The summed E-state index contributed by atoms with van der Waals surface area (Å²) in [6, 6.07) is 18.9. The second kappa shape index (κ2) is 8.61. The number of amides is 1. The van der Waals surface area contributed by atoms with E-state index in [4.69, 9.17) is 20.4 Å². The largest absolute Gasteiger partial charge is 0.459 e. The third-order valence-electron chi connectivity index (χ3n) is 5.80. The molecule has 0 radical (unpaired) electrons. The van der Waals surface area contributed by atoms with E-state index >= 15 is 0 Å². The second-order valence-electron chi connectivity index (χ2n) is 7.82. The van der Waals surface area contributed by atoms with Crippen molar-refractivity contribution in [2.75, 3.05) is 18.4 Å². The van der Waals surface area contributed by atoms with Crippen molar-refractivity contribution in [3.63, 3.8) is 0 Å². The van der Waals surface area contributed by atoms with E-state index in [0.29, 0.717) is 10.7 Å². The minimum atomic E-state index is -0.300. The van der Waals surface area contributed by atoms with Gasteiger partial charge in [0.25, 0.3) is 5.91 Å². The first-order chi connectivity index (χ1) is 15.2. The number of benzene rings is 2. The van der Waals surface area contributed by atoms with Crippen molar-refractivity contribution in [1.82, 2.24) is 4.90 Å². The van der Waals surface area contributed by atoms with Gasteiger partial charge in [0.1, 0.15) is 11.3 Å². The van der Waals surface area contributed by atoms with E-state index in [2.05, 4.69) is 10.2 Å². The quantitative estimate of drug-likeness (QED) is 0.389. The molecule has 0 bridgehead atoms. The summed E-state index contributed by atoms with van der Waals surface area (Å²) in [6.45, 7) is 1.94. The average molecular weight is 435 g/mol. The van der Waals surface area contributed by atoms with Gasteiger partial charge >= 0.3 is 0 Å². The monoisotopic (exact) mass is 434 g/mol. The van der Waals surface area contributed by atoms with Crippen LogP contribution in [0.3, 0.4) is 0 Å². The predicted molar refractivity (Wildman–Crippen MR) is 122 cm³/mol. The van der Waals surface area contributed by atoms with E-state index in [1.807, 2.05) is 48.5 Å². The van der Waals surface area contributed by atoms with Crippen LogP contribution in [-0.4, -0.2) is 23.9 Å². The van der Waals surface area contributed by atoms with Crippen molar-refractivity contribution in [2.24, 2.45) is 0 Å². The Labute approximate surface area is 185 Å². The first kappa shape index (κ1) is 19.9. The maximum absolute atomic E-state index is 12.9. The number of hydrogen-bond acceptors (Lipinski definition) is 4. The summed E-state index contributed by atoms with van der Waals surface area (Å²) in [5.74, 6) is 0.689. The van der Waals surface area contributed by atoms with Crippen LogP contribution in [0.5, 0.6) is 0 Å². The molecule has 1 atom stereocenters. The topological polar surface area (TPSA) is 58.6 Å².